The molecule has 0 saturated heterocycles. The molecule has 2 unspecified atom stereocenters. The second-order valence-corrected chi connectivity index (χ2v) is 18.9. The molecule has 0 aromatic carbocycles. The van der Waals surface area contributed by atoms with Gasteiger partial charge in [0.15, 0.2) is 0 Å². The summed E-state index contributed by atoms with van der Waals surface area (Å²) in [5, 5.41) is 21.4. The van der Waals surface area contributed by atoms with Gasteiger partial charge < -0.3 is 45.3 Å². The lowest BCUT2D eigenvalue weighted by atomic mass is 9.86. The van der Waals surface area contributed by atoms with E-state index in [1.807, 2.05) is 13.8 Å². The maximum Gasteiger partial charge on any atom is 0.306 e. The monoisotopic (exact) mass is 927 g/mol. The summed E-state index contributed by atoms with van der Waals surface area (Å²) in [4.78, 5) is 73.3. The van der Waals surface area contributed by atoms with Gasteiger partial charge in [-0.05, 0) is 37.5 Å². The molecule has 0 aliphatic rings. The van der Waals surface area contributed by atoms with E-state index in [4.69, 9.17) is 18.9 Å². The van der Waals surface area contributed by atoms with Crippen molar-refractivity contribution in [1.29, 1.82) is 0 Å². The van der Waals surface area contributed by atoms with Crippen LogP contribution in [0.2, 0.25) is 0 Å². The van der Waals surface area contributed by atoms with Gasteiger partial charge >= 0.3 is 5.97 Å². The summed E-state index contributed by atoms with van der Waals surface area (Å²) in [6, 6.07) is 0.0687. The zero-order chi connectivity index (χ0) is 48.4. The molecule has 0 aliphatic carbocycles. The van der Waals surface area contributed by atoms with Crippen LogP contribution < -0.4 is 21.3 Å². The van der Waals surface area contributed by atoms with Crippen molar-refractivity contribution in [2.24, 2.45) is 11.3 Å². The topological polar surface area (TPSA) is 208 Å². The van der Waals surface area contributed by atoms with Crippen LogP contribution in [0.5, 0.6) is 0 Å². The Bertz CT molecular complexity index is 1240. The summed E-state index contributed by atoms with van der Waals surface area (Å²) in [6.45, 7) is 16.1. The minimum absolute atomic E-state index is 0.0283. The maximum atomic E-state index is 12.7. The Morgan fingerprint density at radius 1 is 0.508 bits per heavy atom. The highest BCUT2D eigenvalue weighted by molar-refractivity contribution is 5.85. The lowest BCUT2D eigenvalue weighted by molar-refractivity contribution is -0.144. The van der Waals surface area contributed by atoms with Gasteiger partial charge in [0.2, 0.25) is 17.7 Å². The second-order valence-electron chi connectivity index (χ2n) is 18.9. The predicted molar refractivity (Wildman–Crippen MR) is 257 cm³/mol. The molecule has 0 rings (SSSR count). The first kappa shape index (κ1) is 62.0. The van der Waals surface area contributed by atoms with Crippen molar-refractivity contribution >= 4 is 35.3 Å². The summed E-state index contributed by atoms with van der Waals surface area (Å²) < 4.78 is 21.9. The second kappa shape index (κ2) is 42.4. The van der Waals surface area contributed by atoms with Gasteiger partial charge in [-0.2, -0.15) is 0 Å². The largest absolute Gasteiger partial charge is 0.481 e. The number of carboxylic acids is 1. The minimum atomic E-state index is -1.05. The Kier molecular flexibility index (Phi) is 40.4. The van der Waals surface area contributed by atoms with Crippen LogP contribution in [0.25, 0.3) is 0 Å². The molecular weight excluding hydrogens is 833 g/mol. The smallest absolute Gasteiger partial charge is 0.306 e. The molecule has 0 heterocycles. The fourth-order valence-corrected chi connectivity index (χ4v) is 7.19. The van der Waals surface area contributed by atoms with Crippen molar-refractivity contribution in [3.63, 3.8) is 0 Å². The third-order valence-corrected chi connectivity index (χ3v) is 10.8. The molecule has 0 aromatic heterocycles. The van der Waals surface area contributed by atoms with Crippen LogP contribution in [0.4, 0.5) is 0 Å². The Hall–Kier alpha value is -2.98. The number of ether oxygens (including phenoxy) is 4. The molecule has 0 aromatic rings. The highest BCUT2D eigenvalue weighted by atomic mass is 16.5. The Morgan fingerprint density at radius 2 is 0.954 bits per heavy atom. The van der Waals surface area contributed by atoms with Crippen LogP contribution in [0, 0.1) is 11.3 Å². The number of ketones is 2. The molecule has 0 saturated carbocycles. The van der Waals surface area contributed by atoms with E-state index in [0.29, 0.717) is 52.4 Å². The number of hydrogen-bond donors (Lipinski definition) is 5. The first-order valence-corrected chi connectivity index (χ1v) is 25.3. The Labute approximate surface area is 393 Å². The fraction of sp³-hybridized carbons (Fsp3) is 0.880. The molecule has 0 spiro atoms. The molecule has 5 N–H and O–H groups in total. The van der Waals surface area contributed by atoms with Crippen LogP contribution in [-0.2, 0) is 47.7 Å². The summed E-state index contributed by atoms with van der Waals surface area (Å²) >= 11 is 0. The normalized spacial score (nSPS) is 12.5. The number of unbranched alkanes of at least 4 members (excludes halogenated alkanes) is 13. The number of Topliss-reactive ketones (excluding diaryl/α,β-unsaturated/α-hetero) is 2. The van der Waals surface area contributed by atoms with E-state index < -0.39 is 11.9 Å². The summed E-state index contributed by atoms with van der Waals surface area (Å²) in [5.74, 6) is -2.23. The first-order chi connectivity index (χ1) is 31.1. The van der Waals surface area contributed by atoms with Gasteiger partial charge in [0, 0.05) is 64.2 Å². The molecule has 0 aliphatic heterocycles. The van der Waals surface area contributed by atoms with Crippen molar-refractivity contribution < 1.29 is 52.8 Å². The van der Waals surface area contributed by atoms with Gasteiger partial charge in [-0.1, -0.05) is 119 Å². The molecule has 3 amide bonds. The number of aliphatic carboxylic acids is 1. The molecule has 0 fully saturated rings. The number of amides is 3. The van der Waals surface area contributed by atoms with Gasteiger partial charge in [0.25, 0.3) is 0 Å². The van der Waals surface area contributed by atoms with Gasteiger partial charge in [-0.25, -0.2) is 0 Å². The summed E-state index contributed by atoms with van der Waals surface area (Å²) in [6.07, 6.45) is 19.8. The van der Waals surface area contributed by atoms with Crippen molar-refractivity contribution in [2.45, 2.75) is 201 Å². The minimum Gasteiger partial charge on any atom is -0.481 e. The zero-order valence-electron chi connectivity index (χ0n) is 41.8. The molecular formula is C50H94N4O11. The van der Waals surface area contributed by atoms with Crippen LogP contribution in [0.1, 0.15) is 189 Å². The van der Waals surface area contributed by atoms with E-state index in [0.717, 1.165) is 38.5 Å². The van der Waals surface area contributed by atoms with Crippen LogP contribution in [-0.4, -0.2) is 125 Å². The number of carboxylic acid groups (broad SMARTS) is 1. The van der Waals surface area contributed by atoms with Gasteiger partial charge in [-0.15, -0.1) is 0 Å². The van der Waals surface area contributed by atoms with E-state index in [2.05, 4.69) is 49.0 Å². The average molecular weight is 927 g/mol. The lowest BCUT2D eigenvalue weighted by Crippen LogP contribution is -2.42. The van der Waals surface area contributed by atoms with E-state index in [9.17, 15) is 33.9 Å². The van der Waals surface area contributed by atoms with Crippen LogP contribution in [0.3, 0.4) is 0 Å². The van der Waals surface area contributed by atoms with Crippen molar-refractivity contribution in [3.8, 4) is 0 Å². The number of carbonyl (C=O) groups excluding carboxylic acids is 5. The van der Waals surface area contributed by atoms with Gasteiger partial charge in [-0.3, -0.25) is 28.8 Å². The first-order valence-electron chi connectivity index (χ1n) is 25.3. The highest BCUT2D eigenvalue weighted by Crippen LogP contribution is 2.21. The predicted octanol–water partition coefficient (Wildman–Crippen LogP) is 7.65. The molecule has 65 heavy (non-hydrogen) atoms. The Morgan fingerprint density at radius 3 is 1.42 bits per heavy atom. The summed E-state index contributed by atoms with van der Waals surface area (Å²) in [7, 11) is 0. The molecule has 0 radical (unpaired) electrons. The summed E-state index contributed by atoms with van der Waals surface area (Å²) in [5.41, 5.74) is -0.0442. The number of nitrogens with one attached hydrogen (secondary N) is 4. The van der Waals surface area contributed by atoms with Crippen molar-refractivity contribution in [3.05, 3.63) is 0 Å². The van der Waals surface area contributed by atoms with E-state index in [-0.39, 0.29) is 112 Å². The van der Waals surface area contributed by atoms with E-state index in [1.54, 1.807) is 0 Å². The number of rotatable bonds is 47. The van der Waals surface area contributed by atoms with Gasteiger partial charge in [0.05, 0.1) is 64.8 Å². The van der Waals surface area contributed by atoms with Gasteiger partial charge in [0.1, 0.15) is 11.6 Å². The van der Waals surface area contributed by atoms with Crippen LogP contribution in [0.15, 0.2) is 0 Å². The fourth-order valence-electron chi connectivity index (χ4n) is 7.19. The van der Waals surface area contributed by atoms with E-state index in [1.165, 1.54) is 64.2 Å². The van der Waals surface area contributed by atoms with Crippen LogP contribution >= 0.6 is 0 Å². The van der Waals surface area contributed by atoms with E-state index >= 15 is 0 Å². The van der Waals surface area contributed by atoms with Crippen molar-refractivity contribution in [2.75, 3.05) is 72.5 Å². The third-order valence-electron chi connectivity index (χ3n) is 10.8. The van der Waals surface area contributed by atoms with Crippen molar-refractivity contribution in [1.82, 2.24) is 21.3 Å². The quantitative estimate of drug-likeness (QED) is 0.0373. The lowest BCUT2D eigenvalue weighted by Gasteiger charge is -2.24. The molecule has 15 heteroatoms. The molecule has 0 bridgehead atoms. The maximum absolute atomic E-state index is 12.7. The third kappa shape index (κ3) is 43.4. The SMILES string of the molecule is CCCCCCCCCCCCCCCC(=O)CC(CCC(=O)NCCOCCOCCC(=O)NCCOCCOCCC(=O)NCCCCC(NC(C)C)C(=O)CC(C)(C)C)C(=O)O. The number of carbonyl (C=O) groups is 6. The average Bonchev–Trinajstić information content (AvgIpc) is 3.24. The number of hydrogen-bond acceptors (Lipinski definition) is 11. The standard InChI is InChI=1S/C50H94N4O11/c1-7-8-9-10-11-12-13-14-15-16-17-18-19-22-43(55)39-42(49(60)61)24-25-46(57)52-29-33-64-37-36-63-32-27-48(59)53-30-34-65-38-35-62-31-26-47(58)51-28-21-20-23-44(54-41(2)3)45(56)40-50(4,5)6/h41-42,44,54H,7-40H2,1-6H3,(H,51,58)(H,52,57)(H,53,59)(H,60,61). The zero-order valence-corrected chi connectivity index (χ0v) is 41.8. The molecule has 2 atom stereocenters. The molecule has 15 nitrogen and oxygen atoms in total. The molecule has 380 valence electrons. The Balaban J connectivity index is 3.71. The highest BCUT2D eigenvalue weighted by Gasteiger charge is 2.24.